The number of hydrogen-bond acceptors (Lipinski definition) is 3. The van der Waals surface area contributed by atoms with E-state index in [1.807, 2.05) is 0 Å². The first-order valence-corrected chi connectivity index (χ1v) is 7.15. The van der Waals surface area contributed by atoms with Gasteiger partial charge in [0.1, 0.15) is 0 Å². The fraction of sp³-hybridized carbons (Fsp3) is 0.929. The van der Waals surface area contributed by atoms with Gasteiger partial charge in [-0.1, -0.05) is 13.8 Å². The number of carboxylic acid groups (broad SMARTS) is 1. The minimum Gasteiger partial charge on any atom is -0.465 e. The molecule has 2 saturated carbocycles. The molecule has 1 heterocycles. The largest absolute Gasteiger partial charge is 0.465 e. The maximum absolute atomic E-state index is 10.7. The van der Waals surface area contributed by atoms with Crippen molar-refractivity contribution < 1.29 is 19.4 Å². The van der Waals surface area contributed by atoms with Gasteiger partial charge in [0, 0.05) is 24.3 Å². The van der Waals surface area contributed by atoms with Gasteiger partial charge in [-0.3, -0.25) is 0 Å². The van der Waals surface area contributed by atoms with Crippen LogP contribution >= 0.6 is 0 Å². The van der Waals surface area contributed by atoms with E-state index in [1.165, 1.54) is 0 Å². The van der Waals surface area contributed by atoms with Gasteiger partial charge in [0.05, 0.1) is 13.2 Å². The van der Waals surface area contributed by atoms with Gasteiger partial charge in [-0.25, -0.2) is 4.79 Å². The van der Waals surface area contributed by atoms with Crippen molar-refractivity contribution in [2.75, 3.05) is 13.2 Å². The van der Waals surface area contributed by atoms with Crippen molar-refractivity contribution in [3.8, 4) is 0 Å². The van der Waals surface area contributed by atoms with Crippen LogP contribution in [0, 0.1) is 17.3 Å². The maximum Gasteiger partial charge on any atom is 0.404 e. The molecule has 0 radical (unpaired) electrons. The van der Waals surface area contributed by atoms with Crippen LogP contribution in [0.2, 0.25) is 0 Å². The van der Waals surface area contributed by atoms with Gasteiger partial charge in [0.15, 0.2) is 5.79 Å². The molecule has 0 aromatic heterocycles. The van der Waals surface area contributed by atoms with E-state index < -0.39 is 6.09 Å². The van der Waals surface area contributed by atoms with Crippen LogP contribution < -0.4 is 5.32 Å². The van der Waals surface area contributed by atoms with E-state index in [4.69, 9.17) is 14.6 Å². The molecule has 3 atom stereocenters. The summed E-state index contributed by atoms with van der Waals surface area (Å²) in [5.41, 5.74) is 0.107. The van der Waals surface area contributed by atoms with E-state index in [2.05, 4.69) is 19.2 Å². The van der Waals surface area contributed by atoms with Crippen LogP contribution in [-0.4, -0.2) is 36.2 Å². The zero-order valence-electron chi connectivity index (χ0n) is 11.6. The topological polar surface area (TPSA) is 67.8 Å². The van der Waals surface area contributed by atoms with E-state index in [1.54, 1.807) is 0 Å². The van der Waals surface area contributed by atoms with Crippen molar-refractivity contribution in [1.29, 1.82) is 0 Å². The second-order valence-corrected chi connectivity index (χ2v) is 7.20. The van der Waals surface area contributed by atoms with Crippen molar-refractivity contribution in [1.82, 2.24) is 5.32 Å². The summed E-state index contributed by atoms with van der Waals surface area (Å²) in [5, 5.41) is 11.4. The Kier molecular flexibility index (Phi) is 3.02. The molecular weight excluding hydrogens is 246 g/mol. The molecule has 5 heteroatoms. The van der Waals surface area contributed by atoms with Crippen molar-refractivity contribution in [2.24, 2.45) is 17.3 Å². The number of ether oxygens (including phenoxy) is 2. The zero-order chi connectivity index (χ0) is 13.7. The van der Waals surface area contributed by atoms with Crippen LogP contribution in [-0.2, 0) is 9.47 Å². The maximum atomic E-state index is 10.7. The summed E-state index contributed by atoms with van der Waals surface area (Å²) < 4.78 is 12.1. The Morgan fingerprint density at radius 3 is 2.16 bits per heavy atom. The molecule has 2 N–H and O–H groups in total. The summed E-state index contributed by atoms with van der Waals surface area (Å²) in [6.07, 6.45) is 2.78. The van der Waals surface area contributed by atoms with Gasteiger partial charge < -0.3 is 19.9 Å². The number of rotatable bonds is 1. The Bertz CT molecular complexity index is 356. The lowest BCUT2D eigenvalue weighted by Crippen LogP contribution is -2.46. The third-order valence-corrected chi connectivity index (χ3v) is 4.77. The lowest BCUT2D eigenvalue weighted by Gasteiger charge is -2.42. The first-order chi connectivity index (χ1) is 8.88. The Labute approximate surface area is 113 Å². The molecule has 2 aliphatic carbocycles. The third kappa shape index (κ3) is 2.58. The van der Waals surface area contributed by atoms with Crippen LogP contribution in [0.5, 0.6) is 0 Å². The highest BCUT2D eigenvalue weighted by atomic mass is 16.7. The SMILES string of the molecule is CC1(C)COC2(C[C@H]3C[C@H](NC(=O)O)C[C@H]3C2)OC1. The highest BCUT2D eigenvalue weighted by Gasteiger charge is 2.53. The van der Waals surface area contributed by atoms with Crippen LogP contribution in [0.15, 0.2) is 0 Å². The van der Waals surface area contributed by atoms with Gasteiger partial charge in [0.25, 0.3) is 0 Å². The van der Waals surface area contributed by atoms with E-state index >= 15 is 0 Å². The quantitative estimate of drug-likeness (QED) is 0.766. The van der Waals surface area contributed by atoms with Crippen molar-refractivity contribution in [2.45, 2.75) is 51.4 Å². The molecule has 3 fully saturated rings. The second-order valence-electron chi connectivity index (χ2n) is 7.20. The predicted molar refractivity (Wildman–Crippen MR) is 68.8 cm³/mol. The Morgan fingerprint density at radius 2 is 1.68 bits per heavy atom. The highest BCUT2D eigenvalue weighted by molar-refractivity contribution is 5.64. The molecule has 0 bridgehead atoms. The molecule has 0 aromatic rings. The molecule has 5 nitrogen and oxygen atoms in total. The fourth-order valence-electron chi connectivity index (χ4n) is 3.86. The molecule has 3 rings (SSSR count). The van der Waals surface area contributed by atoms with Gasteiger partial charge in [-0.2, -0.15) is 0 Å². The highest BCUT2D eigenvalue weighted by Crippen LogP contribution is 2.52. The van der Waals surface area contributed by atoms with Crippen molar-refractivity contribution >= 4 is 6.09 Å². The molecule has 108 valence electrons. The minimum atomic E-state index is -0.911. The van der Waals surface area contributed by atoms with Crippen molar-refractivity contribution in [3.63, 3.8) is 0 Å². The van der Waals surface area contributed by atoms with Gasteiger partial charge in [-0.15, -0.1) is 0 Å². The van der Waals surface area contributed by atoms with E-state index in [0.717, 1.165) is 38.9 Å². The summed E-state index contributed by atoms with van der Waals surface area (Å²) in [4.78, 5) is 10.7. The first kappa shape index (κ1) is 13.2. The predicted octanol–water partition coefficient (Wildman–Crippen LogP) is 2.21. The lowest BCUT2D eigenvalue weighted by atomic mass is 9.94. The molecule has 0 aromatic carbocycles. The first-order valence-electron chi connectivity index (χ1n) is 7.15. The summed E-state index contributed by atoms with van der Waals surface area (Å²) >= 11 is 0. The van der Waals surface area contributed by atoms with Crippen LogP contribution in [0.25, 0.3) is 0 Å². The van der Waals surface area contributed by atoms with E-state index in [9.17, 15) is 4.79 Å². The molecule has 3 aliphatic rings. The standard InChI is InChI=1S/C14H23NO4/c1-13(2)7-18-14(19-8-13)5-9-3-11(15-12(16)17)4-10(9)6-14/h9-11,15H,3-8H2,1-2H3,(H,16,17)/t9-,10+,11+. The number of nitrogens with one attached hydrogen (secondary N) is 1. The van der Waals surface area contributed by atoms with Crippen molar-refractivity contribution in [3.05, 3.63) is 0 Å². The summed E-state index contributed by atoms with van der Waals surface area (Å²) in [7, 11) is 0. The molecule has 1 aliphatic heterocycles. The Balaban J connectivity index is 1.58. The minimum absolute atomic E-state index is 0.107. The average Bonchev–Trinajstić information content (AvgIpc) is 2.78. The molecule has 1 amide bonds. The van der Waals surface area contributed by atoms with Crippen LogP contribution in [0.3, 0.4) is 0 Å². The van der Waals surface area contributed by atoms with Gasteiger partial charge >= 0.3 is 6.09 Å². The zero-order valence-corrected chi connectivity index (χ0v) is 11.6. The molecular formula is C14H23NO4. The lowest BCUT2D eigenvalue weighted by molar-refractivity contribution is -0.297. The molecule has 1 saturated heterocycles. The number of fused-ring (bicyclic) bond motifs is 1. The van der Waals surface area contributed by atoms with E-state index in [0.29, 0.717) is 11.8 Å². The third-order valence-electron chi connectivity index (χ3n) is 4.77. The summed E-state index contributed by atoms with van der Waals surface area (Å²) in [5.74, 6) is 0.704. The van der Waals surface area contributed by atoms with Crippen LogP contribution in [0.4, 0.5) is 4.79 Å². The fourth-order valence-corrected chi connectivity index (χ4v) is 3.86. The monoisotopic (exact) mass is 269 g/mol. The van der Waals surface area contributed by atoms with Gasteiger partial charge in [-0.05, 0) is 24.7 Å². The summed E-state index contributed by atoms with van der Waals surface area (Å²) in [6.45, 7) is 5.82. The Hall–Kier alpha value is -0.810. The molecule has 1 spiro atoms. The van der Waals surface area contributed by atoms with Crippen LogP contribution in [0.1, 0.15) is 39.5 Å². The second kappa shape index (κ2) is 4.35. The molecule has 19 heavy (non-hydrogen) atoms. The Morgan fingerprint density at radius 1 is 1.16 bits per heavy atom. The number of hydrogen-bond donors (Lipinski definition) is 2. The molecule has 0 unspecified atom stereocenters. The smallest absolute Gasteiger partial charge is 0.404 e. The normalized spacial score (nSPS) is 39.2. The average molecular weight is 269 g/mol. The van der Waals surface area contributed by atoms with Gasteiger partial charge in [0.2, 0.25) is 0 Å². The number of amides is 1. The summed E-state index contributed by atoms with van der Waals surface area (Å²) in [6, 6.07) is 0.116. The van der Waals surface area contributed by atoms with E-state index in [-0.39, 0.29) is 17.2 Å². The number of carbonyl (C=O) groups is 1.